The molecule has 1 N–H and O–H groups in total. The molecule has 2 aromatic rings. The number of aromatic carboxylic acids is 1. The minimum absolute atomic E-state index is 0.0121. The zero-order chi connectivity index (χ0) is 9.42. The maximum absolute atomic E-state index is 10.6. The van der Waals surface area contributed by atoms with Crippen LogP contribution >= 0.6 is 0 Å². The summed E-state index contributed by atoms with van der Waals surface area (Å²) in [5.74, 6) is -1.04. The minimum Gasteiger partial charge on any atom is -0.476 e. The molecule has 0 aliphatic carbocycles. The molecule has 66 valence electrons. The highest BCUT2D eigenvalue weighted by molar-refractivity contribution is 5.85. The number of fused-ring (bicyclic) bond motifs is 1. The van der Waals surface area contributed by atoms with E-state index in [1.807, 2.05) is 6.92 Å². The highest BCUT2D eigenvalue weighted by Gasteiger charge is 2.08. The summed E-state index contributed by atoms with van der Waals surface area (Å²) < 4.78 is 1.46. The van der Waals surface area contributed by atoms with Crippen molar-refractivity contribution >= 4 is 11.6 Å². The van der Waals surface area contributed by atoms with E-state index in [0.717, 1.165) is 5.69 Å². The Hall–Kier alpha value is -1.91. The molecule has 0 radical (unpaired) electrons. The number of aromatic nitrogens is 3. The van der Waals surface area contributed by atoms with Gasteiger partial charge in [0.25, 0.3) is 0 Å². The molecule has 0 saturated heterocycles. The molecule has 0 aliphatic heterocycles. The van der Waals surface area contributed by atoms with Crippen LogP contribution in [0.4, 0.5) is 0 Å². The van der Waals surface area contributed by atoms with Crippen molar-refractivity contribution < 1.29 is 9.90 Å². The van der Waals surface area contributed by atoms with Gasteiger partial charge in [-0.1, -0.05) is 0 Å². The van der Waals surface area contributed by atoms with Crippen LogP contribution in [-0.2, 0) is 0 Å². The van der Waals surface area contributed by atoms with E-state index in [-0.39, 0.29) is 5.69 Å². The Balaban J connectivity index is 2.68. The number of carboxylic acids is 1. The molecule has 13 heavy (non-hydrogen) atoms. The van der Waals surface area contributed by atoms with Gasteiger partial charge in [-0.05, 0) is 19.1 Å². The molecule has 5 nitrogen and oxygen atoms in total. The van der Waals surface area contributed by atoms with E-state index in [9.17, 15) is 4.79 Å². The Labute approximate surface area is 73.6 Å². The largest absolute Gasteiger partial charge is 0.476 e. The third-order valence-electron chi connectivity index (χ3n) is 1.67. The van der Waals surface area contributed by atoms with Crippen molar-refractivity contribution in [2.75, 3.05) is 0 Å². The van der Waals surface area contributed by atoms with Crippen LogP contribution in [0, 0.1) is 6.92 Å². The summed E-state index contributed by atoms with van der Waals surface area (Å²) in [4.78, 5) is 14.4. The van der Waals surface area contributed by atoms with Gasteiger partial charge in [-0.3, -0.25) is 0 Å². The second-order valence-corrected chi connectivity index (χ2v) is 2.71. The molecule has 0 amide bonds. The first-order valence-corrected chi connectivity index (χ1v) is 3.73. The van der Waals surface area contributed by atoms with Crippen molar-refractivity contribution in [2.45, 2.75) is 6.92 Å². The summed E-state index contributed by atoms with van der Waals surface area (Å²) in [5.41, 5.74) is 1.38. The highest BCUT2D eigenvalue weighted by Crippen LogP contribution is 2.03. The number of rotatable bonds is 1. The summed E-state index contributed by atoms with van der Waals surface area (Å²) >= 11 is 0. The maximum atomic E-state index is 10.6. The molecule has 0 aliphatic rings. The summed E-state index contributed by atoms with van der Waals surface area (Å²) in [5, 5.41) is 12.7. The first kappa shape index (κ1) is 7.72. The molecule has 0 atom stereocenters. The molecule has 5 heteroatoms. The van der Waals surface area contributed by atoms with Crippen LogP contribution in [0.25, 0.3) is 5.65 Å². The van der Waals surface area contributed by atoms with Gasteiger partial charge in [0.2, 0.25) is 0 Å². The quantitative estimate of drug-likeness (QED) is 0.697. The minimum atomic E-state index is -1.04. The number of imidazole rings is 1. The van der Waals surface area contributed by atoms with Crippen LogP contribution in [0.3, 0.4) is 0 Å². The van der Waals surface area contributed by atoms with E-state index in [1.165, 1.54) is 10.7 Å². The van der Waals surface area contributed by atoms with Crippen LogP contribution in [0.1, 0.15) is 16.2 Å². The molecule has 2 heterocycles. The lowest BCUT2D eigenvalue weighted by Crippen LogP contribution is -1.95. The third-order valence-corrected chi connectivity index (χ3v) is 1.67. The maximum Gasteiger partial charge on any atom is 0.356 e. The topological polar surface area (TPSA) is 67.5 Å². The van der Waals surface area contributed by atoms with Crippen molar-refractivity contribution in [3.05, 3.63) is 29.7 Å². The molecular formula is C8H7N3O2. The fraction of sp³-hybridized carbons (Fsp3) is 0.125. The van der Waals surface area contributed by atoms with E-state index >= 15 is 0 Å². The lowest BCUT2D eigenvalue weighted by atomic mass is 10.4. The van der Waals surface area contributed by atoms with Gasteiger partial charge < -0.3 is 5.11 Å². The smallest absolute Gasteiger partial charge is 0.356 e. The second-order valence-electron chi connectivity index (χ2n) is 2.71. The van der Waals surface area contributed by atoms with Crippen molar-refractivity contribution in [3.63, 3.8) is 0 Å². The van der Waals surface area contributed by atoms with Crippen LogP contribution in [0.15, 0.2) is 18.3 Å². The molecule has 0 fully saturated rings. The SMILES string of the molecule is Cc1ccc2nc(C(=O)O)cn2n1. The van der Waals surface area contributed by atoms with Crippen molar-refractivity contribution in [1.29, 1.82) is 0 Å². The van der Waals surface area contributed by atoms with E-state index in [0.29, 0.717) is 5.65 Å². The fourth-order valence-electron chi connectivity index (χ4n) is 1.08. The summed E-state index contributed by atoms with van der Waals surface area (Å²) in [6, 6.07) is 3.52. The van der Waals surface area contributed by atoms with Crippen molar-refractivity contribution in [3.8, 4) is 0 Å². The van der Waals surface area contributed by atoms with Crippen LogP contribution in [0.2, 0.25) is 0 Å². The molecule has 0 bridgehead atoms. The average molecular weight is 177 g/mol. The van der Waals surface area contributed by atoms with E-state index in [2.05, 4.69) is 10.1 Å². The molecule has 0 aromatic carbocycles. The molecule has 0 saturated carbocycles. The first-order chi connectivity index (χ1) is 6.16. The van der Waals surface area contributed by atoms with Gasteiger partial charge in [0.1, 0.15) is 0 Å². The van der Waals surface area contributed by atoms with Crippen molar-refractivity contribution in [1.82, 2.24) is 14.6 Å². The predicted molar refractivity (Wildman–Crippen MR) is 44.7 cm³/mol. The molecule has 2 aromatic heterocycles. The van der Waals surface area contributed by atoms with Gasteiger partial charge in [-0.15, -0.1) is 0 Å². The van der Waals surface area contributed by atoms with Gasteiger partial charge in [-0.25, -0.2) is 14.3 Å². The zero-order valence-corrected chi connectivity index (χ0v) is 6.93. The molecule has 0 spiro atoms. The lowest BCUT2D eigenvalue weighted by molar-refractivity contribution is 0.0691. The van der Waals surface area contributed by atoms with E-state index in [4.69, 9.17) is 5.11 Å². The Morgan fingerprint density at radius 1 is 1.54 bits per heavy atom. The van der Waals surface area contributed by atoms with Gasteiger partial charge in [0, 0.05) is 0 Å². The normalized spacial score (nSPS) is 10.5. The van der Waals surface area contributed by atoms with Gasteiger partial charge in [-0.2, -0.15) is 5.10 Å². The summed E-state index contributed by atoms with van der Waals surface area (Å²) in [6.45, 7) is 1.83. The van der Waals surface area contributed by atoms with E-state index < -0.39 is 5.97 Å². The average Bonchev–Trinajstić information content (AvgIpc) is 2.46. The third kappa shape index (κ3) is 1.24. The van der Waals surface area contributed by atoms with E-state index in [1.54, 1.807) is 12.1 Å². The first-order valence-electron chi connectivity index (χ1n) is 3.73. The Bertz CT molecular complexity index is 475. The number of hydrogen-bond donors (Lipinski definition) is 1. The van der Waals surface area contributed by atoms with Gasteiger partial charge >= 0.3 is 5.97 Å². The van der Waals surface area contributed by atoms with Gasteiger partial charge in [0.15, 0.2) is 11.3 Å². The highest BCUT2D eigenvalue weighted by atomic mass is 16.4. The Morgan fingerprint density at radius 3 is 3.00 bits per heavy atom. The number of hydrogen-bond acceptors (Lipinski definition) is 3. The number of nitrogens with zero attached hydrogens (tertiary/aromatic N) is 3. The van der Waals surface area contributed by atoms with Gasteiger partial charge in [0.05, 0.1) is 11.9 Å². The van der Waals surface area contributed by atoms with Crippen LogP contribution in [0.5, 0.6) is 0 Å². The Kier molecular flexibility index (Phi) is 1.51. The summed E-state index contributed by atoms with van der Waals surface area (Å²) in [7, 11) is 0. The fourth-order valence-corrected chi connectivity index (χ4v) is 1.08. The van der Waals surface area contributed by atoms with Crippen LogP contribution in [-0.4, -0.2) is 25.7 Å². The zero-order valence-electron chi connectivity index (χ0n) is 6.93. The molecule has 0 unspecified atom stereocenters. The lowest BCUT2D eigenvalue weighted by Gasteiger charge is -1.91. The number of aryl methyl sites for hydroxylation is 1. The van der Waals surface area contributed by atoms with Crippen molar-refractivity contribution in [2.24, 2.45) is 0 Å². The standard InChI is InChI=1S/C8H7N3O2/c1-5-2-3-7-9-6(8(12)13)4-11(7)10-5/h2-4H,1H3,(H,12,13). The monoisotopic (exact) mass is 177 g/mol. The second kappa shape index (κ2) is 2.55. The predicted octanol–water partition coefficient (Wildman–Crippen LogP) is 0.736. The molecular weight excluding hydrogens is 170 g/mol. The number of carbonyl (C=O) groups is 1. The van der Waals surface area contributed by atoms with Crippen LogP contribution < -0.4 is 0 Å². The summed E-state index contributed by atoms with van der Waals surface area (Å²) in [6.07, 6.45) is 1.39. The molecule has 2 rings (SSSR count). The number of carboxylic acid groups (broad SMARTS) is 1. The Morgan fingerprint density at radius 2 is 2.31 bits per heavy atom.